The van der Waals surface area contributed by atoms with Gasteiger partial charge in [0, 0.05) is 12.3 Å². The fourth-order valence-corrected chi connectivity index (χ4v) is 1.90. The molecule has 0 saturated heterocycles. The number of hydrogen-bond donors (Lipinski definition) is 2. The van der Waals surface area contributed by atoms with Crippen molar-refractivity contribution in [3.05, 3.63) is 10.3 Å². The Labute approximate surface area is 103 Å². The summed E-state index contributed by atoms with van der Waals surface area (Å²) >= 11 is 1.07. The van der Waals surface area contributed by atoms with E-state index >= 15 is 0 Å². The standard InChI is InChI=1S/C11H15NO4S/c1-6(13)9-8(14)7(5-17-9)12-10(15)16-11(2,3)4/h5,14H,1-4H3,(H,12,15). The lowest BCUT2D eigenvalue weighted by atomic mass is 10.2. The number of ether oxygens (including phenoxy) is 1. The van der Waals surface area contributed by atoms with Crippen LogP contribution < -0.4 is 5.32 Å². The van der Waals surface area contributed by atoms with Gasteiger partial charge in [0.15, 0.2) is 11.5 Å². The molecule has 0 aliphatic carbocycles. The zero-order valence-corrected chi connectivity index (χ0v) is 11.0. The number of thiophene rings is 1. The molecule has 0 aliphatic heterocycles. The van der Waals surface area contributed by atoms with Gasteiger partial charge in [0.25, 0.3) is 0 Å². The second kappa shape index (κ2) is 4.75. The van der Waals surface area contributed by atoms with E-state index in [0.29, 0.717) is 0 Å². The number of rotatable bonds is 2. The number of Topliss-reactive ketones (excluding diaryl/α,β-unsaturated/α-hetero) is 1. The van der Waals surface area contributed by atoms with E-state index in [-0.39, 0.29) is 22.1 Å². The van der Waals surface area contributed by atoms with Gasteiger partial charge in [-0.2, -0.15) is 0 Å². The summed E-state index contributed by atoms with van der Waals surface area (Å²) < 4.78 is 5.02. The molecule has 0 bridgehead atoms. The maximum atomic E-state index is 11.4. The van der Waals surface area contributed by atoms with E-state index in [4.69, 9.17) is 4.74 Å². The van der Waals surface area contributed by atoms with Crippen LogP contribution in [-0.4, -0.2) is 22.6 Å². The van der Waals surface area contributed by atoms with Gasteiger partial charge in [-0.1, -0.05) is 0 Å². The average Bonchev–Trinajstić information content (AvgIpc) is 2.44. The summed E-state index contributed by atoms with van der Waals surface area (Å²) in [6, 6.07) is 0. The number of hydrogen-bond acceptors (Lipinski definition) is 5. The van der Waals surface area contributed by atoms with Gasteiger partial charge in [0.05, 0.1) is 5.69 Å². The third-order valence-electron chi connectivity index (χ3n) is 1.72. The second-order valence-electron chi connectivity index (χ2n) is 4.51. The summed E-state index contributed by atoms with van der Waals surface area (Å²) in [5.74, 6) is -0.460. The van der Waals surface area contributed by atoms with Crippen LogP contribution in [0.5, 0.6) is 5.75 Å². The summed E-state index contributed by atoms with van der Waals surface area (Å²) in [5.41, 5.74) is -0.423. The second-order valence-corrected chi connectivity index (χ2v) is 5.39. The summed E-state index contributed by atoms with van der Waals surface area (Å²) in [6.07, 6.45) is -0.666. The lowest BCUT2D eigenvalue weighted by Crippen LogP contribution is -2.27. The summed E-state index contributed by atoms with van der Waals surface area (Å²) in [7, 11) is 0. The molecule has 0 saturated carbocycles. The van der Waals surface area contributed by atoms with Gasteiger partial charge in [-0.05, 0) is 20.8 Å². The summed E-state index contributed by atoms with van der Waals surface area (Å²) in [4.78, 5) is 22.8. The molecule has 0 aromatic carbocycles. The minimum atomic E-state index is -0.666. The van der Waals surface area contributed by atoms with E-state index in [9.17, 15) is 14.7 Å². The number of nitrogens with one attached hydrogen (secondary N) is 1. The van der Waals surface area contributed by atoms with Gasteiger partial charge in [0.1, 0.15) is 10.5 Å². The Hall–Kier alpha value is -1.56. The molecule has 1 aromatic heterocycles. The molecule has 1 amide bonds. The molecular formula is C11H15NO4S. The van der Waals surface area contributed by atoms with E-state index in [0.717, 1.165) is 11.3 Å². The number of ketones is 1. The predicted molar refractivity (Wildman–Crippen MR) is 65.8 cm³/mol. The largest absolute Gasteiger partial charge is 0.504 e. The van der Waals surface area contributed by atoms with Gasteiger partial charge in [0.2, 0.25) is 0 Å². The first-order chi connectivity index (χ1) is 7.70. The van der Waals surface area contributed by atoms with Crippen molar-refractivity contribution in [3.63, 3.8) is 0 Å². The highest BCUT2D eigenvalue weighted by Gasteiger charge is 2.20. The zero-order valence-electron chi connectivity index (χ0n) is 10.2. The third kappa shape index (κ3) is 3.74. The molecule has 2 N–H and O–H groups in total. The molecule has 94 valence electrons. The average molecular weight is 257 g/mol. The summed E-state index contributed by atoms with van der Waals surface area (Å²) in [6.45, 7) is 6.56. The van der Waals surface area contributed by atoms with Crippen LogP contribution in [0.3, 0.4) is 0 Å². The van der Waals surface area contributed by atoms with Gasteiger partial charge < -0.3 is 9.84 Å². The van der Waals surface area contributed by atoms with Crippen LogP contribution in [0.4, 0.5) is 10.5 Å². The Morgan fingerprint density at radius 3 is 2.41 bits per heavy atom. The van der Waals surface area contributed by atoms with Gasteiger partial charge in [-0.15, -0.1) is 11.3 Å². The number of aromatic hydroxyl groups is 1. The van der Waals surface area contributed by atoms with Crippen LogP contribution in [0.25, 0.3) is 0 Å². The van der Waals surface area contributed by atoms with Crippen LogP contribution in [-0.2, 0) is 4.74 Å². The van der Waals surface area contributed by atoms with E-state index in [1.165, 1.54) is 12.3 Å². The Balaban J connectivity index is 2.76. The first-order valence-corrected chi connectivity index (χ1v) is 5.90. The quantitative estimate of drug-likeness (QED) is 0.798. The first-order valence-electron chi connectivity index (χ1n) is 5.02. The number of carbonyl (C=O) groups is 2. The lowest BCUT2D eigenvalue weighted by molar-refractivity contribution is 0.0635. The SMILES string of the molecule is CC(=O)c1scc(NC(=O)OC(C)(C)C)c1O. The van der Waals surface area contributed by atoms with Crippen LogP contribution in [0.1, 0.15) is 37.4 Å². The molecule has 1 heterocycles. The van der Waals surface area contributed by atoms with Crippen molar-refractivity contribution in [3.8, 4) is 5.75 Å². The maximum Gasteiger partial charge on any atom is 0.412 e. The van der Waals surface area contributed by atoms with E-state index < -0.39 is 11.7 Å². The topological polar surface area (TPSA) is 75.6 Å². The van der Waals surface area contributed by atoms with E-state index in [1.807, 2.05) is 0 Å². The van der Waals surface area contributed by atoms with Crippen molar-refractivity contribution in [2.24, 2.45) is 0 Å². The Bertz CT molecular complexity index is 445. The van der Waals surface area contributed by atoms with Crippen LogP contribution in [0.15, 0.2) is 5.38 Å². The Morgan fingerprint density at radius 2 is 2.00 bits per heavy atom. The van der Waals surface area contributed by atoms with Crippen molar-refractivity contribution in [1.29, 1.82) is 0 Å². The van der Waals surface area contributed by atoms with Crippen LogP contribution >= 0.6 is 11.3 Å². The van der Waals surface area contributed by atoms with Crippen molar-refractivity contribution in [1.82, 2.24) is 0 Å². The molecule has 0 aliphatic rings. The lowest BCUT2D eigenvalue weighted by Gasteiger charge is -2.19. The molecule has 0 spiro atoms. The van der Waals surface area contributed by atoms with Crippen LogP contribution in [0, 0.1) is 0 Å². The molecule has 0 unspecified atom stereocenters. The van der Waals surface area contributed by atoms with E-state index in [1.54, 1.807) is 20.8 Å². The number of amides is 1. The highest BCUT2D eigenvalue weighted by atomic mass is 32.1. The third-order valence-corrected chi connectivity index (χ3v) is 2.79. The Kier molecular flexibility index (Phi) is 3.77. The van der Waals surface area contributed by atoms with Gasteiger partial charge in [-0.3, -0.25) is 10.1 Å². The predicted octanol–water partition coefficient (Wildman–Crippen LogP) is 3.00. The molecule has 1 rings (SSSR count). The van der Waals surface area contributed by atoms with Crippen molar-refractivity contribution in [2.45, 2.75) is 33.3 Å². The smallest absolute Gasteiger partial charge is 0.412 e. The van der Waals surface area contributed by atoms with Crippen LogP contribution in [0.2, 0.25) is 0 Å². The first kappa shape index (κ1) is 13.5. The highest BCUT2D eigenvalue weighted by Crippen LogP contribution is 2.34. The molecule has 0 atom stereocenters. The number of carbonyl (C=O) groups excluding carboxylic acids is 2. The number of anilines is 1. The maximum absolute atomic E-state index is 11.4. The molecule has 17 heavy (non-hydrogen) atoms. The summed E-state index contributed by atoms with van der Waals surface area (Å²) in [5, 5.41) is 13.6. The van der Waals surface area contributed by atoms with Crippen molar-refractivity contribution < 1.29 is 19.4 Å². The molecule has 0 fully saturated rings. The zero-order chi connectivity index (χ0) is 13.2. The van der Waals surface area contributed by atoms with Gasteiger partial charge in [-0.25, -0.2) is 4.79 Å². The van der Waals surface area contributed by atoms with Gasteiger partial charge >= 0.3 is 6.09 Å². The molecular weight excluding hydrogens is 242 g/mol. The fourth-order valence-electron chi connectivity index (χ4n) is 1.10. The molecule has 1 aromatic rings. The van der Waals surface area contributed by atoms with Crippen molar-refractivity contribution in [2.75, 3.05) is 5.32 Å². The Morgan fingerprint density at radius 1 is 1.41 bits per heavy atom. The monoisotopic (exact) mass is 257 g/mol. The fraction of sp³-hybridized carbons (Fsp3) is 0.455. The highest BCUT2D eigenvalue weighted by molar-refractivity contribution is 7.13. The molecule has 5 nitrogen and oxygen atoms in total. The minimum Gasteiger partial charge on any atom is -0.504 e. The van der Waals surface area contributed by atoms with E-state index in [2.05, 4.69) is 5.32 Å². The normalized spacial score (nSPS) is 11.1. The molecule has 0 radical (unpaired) electrons. The van der Waals surface area contributed by atoms with Crippen molar-refractivity contribution >= 4 is 28.9 Å². The minimum absolute atomic E-state index is 0.189. The molecule has 6 heteroatoms.